The van der Waals surface area contributed by atoms with Crippen molar-refractivity contribution in [1.82, 2.24) is 0 Å². The zero-order chi connectivity index (χ0) is 10.8. The molecule has 1 rings (SSSR count). The lowest BCUT2D eigenvalue weighted by Gasteiger charge is -2.22. The summed E-state index contributed by atoms with van der Waals surface area (Å²) in [5.74, 6) is 0. The summed E-state index contributed by atoms with van der Waals surface area (Å²) in [5, 5.41) is 3.44. The molecule has 1 N–H and O–H groups in total. The first kappa shape index (κ1) is 10.8. The lowest BCUT2D eigenvalue weighted by Crippen LogP contribution is -2.25. The molecular formula is C13H19N. The predicted octanol–water partition coefficient (Wildman–Crippen LogP) is 3.93. The van der Waals surface area contributed by atoms with Crippen LogP contribution in [-0.2, 0) is 0 Å². The fourth-order valence-electron chi connectivity index (χ4n) is 1.30. The van der Waals surface area contributed by atoms with Crippen LogP contribution in [0.1, 0.15) is 33.3 Å². The normalized spacial score (nSPS) is 11.1. The van der Waals surface area contributed by atoms with Crippen molar-refractivity contribution in [1.29, 1.82) is 0 Å². The van der Waals surface area contributed by atoms with E-state index in [0.717, 1.165) is 11.3 Å². The fraction of sp³-hybridized carbons (Fsp3) is 0.385. The molecule has 0 saturated carbocycles. The highest BCUT2D eigenvalue weighted by molar-refractivity contribution is 5.65. The number of hydrogen-bond acceptors (Lipinski definition) is 1. The van der Waals surface area contributed by atoms with Gasteiger partial charge in [-0.25, -0.2) is 0 Å². The van der Waals surface area contributed by atoms with Gasteiger partial charge in [-0.05, 0) is 45.4 Å². The molecule has 0 unspecified atom stereocenters. The maximum Gasteiger partial charge on any atom is 0.0350 e. The van der Waals surface area contributed by atoms with Gasteiger partial charge < -0.3 is 5.32 Å². The third-order valence-electron chi connectivity index (χ3n) is 1.87. The van der Waals surface area contributed by atoms with E-state index in [1.165, 1.54) is 5.56 Å². The summed E-state index contributed by atoms with van der Waals surface area (Å²) >= 11 is 0. The van der Waals surface area contributed by atoms with Crippen LogP contribution in [0.15, 0.2) is 30.8 Å². The van der Waals surface area contributed by atoms with Gasteiger partial charge in [-0.15, -0.1) is 0 Å². The lowest BCUT2D eigenvalue weighted by atomic mass is 10.1. The average molecular weight is 189 g/mol. The topological polar surface area (TPSA) is 12.0 Å². The first-order chi connectivity index (χ1) is 6.38. The summed E-state index contributed by atoms with van der Waals surface area (Å²) in [6, 6.07) is 8.35. The highest BCUT2D eigenvalue weighted by Crippen LogP contribution is 2.19. The van der Waals surface area contributed by atoms with E-state index >= 15 is 0 Å². The Bertz CT molecular complexity index is 331. The van der Waals surface area contributed by atoms with E-state index in [1.807, 2.05) is 6.92 Å². The molecule has 0 spiro atoms. The second kappa shape index (κ2) is 3.87. The molecule has 76 valence electrons. The Labute approximate surface area is 86.8 Å². The van der Waals surface area contributed by atoms with Crippen LogP contribution in [0.4, 0.5) is 5.69 Å². The summed E-state index contributed by atoms with van der Waals surface area (Å²) in [4.78, 5) is 0. The Morgan fingerprint density at radius 1 is 1.29 bits per heavy atom. The SMILES string of the molecule is C=C(C)c1cccc(NC(C)(C)C)c1. The number of benzene rings is 1. The van der Waals surface area contributed by atoms with E-state index in [-0.39, 0.29) is 5.54 Å². The minimum absolute atomic E-state index is 0.105. The van der Waals surface area contributed by atoms with Crippen LogP contribution < -0.4 is 5.32 Å². The van der Waals surface area contributed by atoms with Gasteiger partial charge in [-0.2, -0.15) is 0 Å². The van der Waals surface area contributed by atoms with Crippen molar-refractivity contribution in [3.8, 4) is 0 Å². The Morgan fingerprint density at radius 3 is 2.43 bits per heavy atom. The van der Waals surface area contributed by atoms with Gasteiger partial charge >= 0.3 is 0 Å². The number of hydrogen-bond donors (Lipinski definition) is 1. The van der Waals surface area contributed by atoms with Gasteiger partial charge in [0, 0.05) is 11.2 Å². The van der Waals surface area contributed by atoms with Gasteiger partial charge in [0.25, 0.3) is 0 Å². The monoisotopic (exact) mass is 189 g/mol. The highest BCUT2D eigenvalue weighted by atomic mass is 14.9. The zero-order valence-corrected chi connectivity index (χ0v) is 9.52. The minimum atomic E-state index is 0.105. The van der Waals surface area contributed by atoms with Crippen molar-refractivity contribution in [3.05, 3.63) is 36.4 Å². The maximum absolute atomic E-state index is 3.94. The number of anilines is 1. The van der Waals surface area contributed by atoms with Crippen LogP contribution in [-0.4, -0.2) is 5.54 Å². The first-order valence-electron chi connectivity index (χ1n) is 4.92. The molecule has 1 aromatic rings. The molecule has 0 radical (unpaired) electrons. The van der Waals surface area contributed by atoms with Crippen molar-refractivity contribution < 1.29 is 0 Å². The van der Waals surface area contributed by atoms with Gasteiger partial charge in [-0.3, -0.25) is 0 Å². The second-order valence-corrected chi connectivity index (χ2v) is 4.74. The van der Waals surface area contributed by atoms with Gasteiger partial charge in [0.15, 0.2) is 0 Å². The average Bonchev–Trinajstić information content (AvgIpc) is 2.01. The summed E-state index contributed by atoms with van der Waals surface area (Å²) in [7, 11) is 0. The van der Waals surface area contributed by atoms with Gasteiger partial charge in [0.05, 0.1) is 0 Å². The smallest absolute Gasteiger partial charge is 0.0350 e. The van der Waals surface area contributed by atoms with Crippen molar-refractivity contribution >= 4 is 11.3 Å². The van der Waals surface area contributed by atoms with Crippen molar-refractivity contribution in [3.63, 3.8) is 0 Å². The second-order valence-electron chi connectivity index (χ2n) is 4.74. The van der Waals surface area contributed by atoms with E-state index in [4.69, 9.17) is 0 Å². The molecule has 0 atom stereocenters. The standard InChI is InChI=1S/C13H19N/c1-10(2)11-7-6-8-12(9-11)14-13(3,4)5/h6-9,14H,1H2,2-5H3. The van der Waals surface area contributed by atoms with Gasteiger partial charge in [0.1, 0.15) is 0 Å². The first-order valence-corrected chi connectivity index (χ1v) is 4.92. The molecule has 0 aliphatic heterocycles. The molecule has 14 heavy (non-hydrogen) atoms. The molecule has 0 aliphatic rings. The lowest BCUT2D eigenvalue weighted by molar-refractivity contribution is 0.634. The van der Waals surface area contributed by atoms with Crippen LogP contribution >= 0.6 is 0 Å². The van der Waals surface area contributed by atoms with Gasteiger partial charge in [-0.1, -0.05) is 24.3 Å². The number of allylic oxidation sites excluding steroid dienone is 1. The highest BCUT2D eigenvalue weighted by Gasteiger charge is 2.08. The molecule has 0 aromatic heterocycles. The minimum Gasteiger partial charge on any atom is -0.380 e. The molecular weight excluding hydrogens is 170 g/mol. The van der Waals surface area contributed by atoms with E-state index in [1.54, 1.807) is 0 Å². The predicted molar refractivity (Wildman–Crippen MR) is 64.5 cm³/mol. The Morgan fingerprint density at radius 2 is 1.93 bits per heavy atom. The summed E-state index contributed by atoms with van der Waals surface area (Å²) in [6.45, 7) is 12.4. The van der Waals surface area contributed by atoms with Gasteiger partial charge in [0.2, 0.25) is 0 Å². The molecule has 0 aliphatic carbocycles. The Kier molecular flexibility index (Phi) is 3.00. The van der Waals surface area contributed by atoms with E-state index in [9.17, 15) is 0 Å². The van der Waals surface area contributed by atoms with E-state index in [2.05, 4.69) is 56.9 Å². The van der Waals surface area contributed by atoms with Crippen LogP contribution in [0, 0.1) is 0 Å². The largest absolute Gasteiger partial charge is 0.380 e. The van der Waals surface area contributed by atoms with Crippen LogP contribution in [0.2, 0.25) is 0 Å². The van der Waals surface area contributed by atoms with Crippen molar-refractivity contribution in [2.24, 2.45) is 0 Å². The third kappa shape index (κ3) is 3.25. The molecule has 0 fully saturated rings. The van der Waals surface area contributed by atoms with Crippen LogP contribution in [0.25, 0.3) is 5.57 Å². The third-order valence-corrected chi connectivity index (χ3v) is 1.87. The van der Waals surface area contributed by atoms with Crippen LogP contribution in [0.5, 0.6) is 0 Å². The summed E-state index contributed by atoms with van der Waals surface area (Å²) < 4.78 is 0. The zero-order valence-electron chi connectivity index (χ0n) is 9.52. The Hall–Kier alpha value is -1.24. The molecule has 1 nitrogen and oxygen atoms in total. The molecule has 0 amide bonds. The fourth-order valence-corrected chi connectivity index (χ4v) is 1.30. The summed E-state index contributed by atoms with van der Waals surface area (Å²) in [5.41, 5.74) is 3.55. The number of nitrogens with one attached hydrogen (secondary N) is 1. The molecule has 1 heteroatoms. The Balaban J connectivity index is 2.89. The quantitative estimate of drug-likeness (QED) is 0.743. The van der Waals surface area contributed by atoms with E-state index < -0.39 is 0 Å². The van der Waals surface area contributed by atoms with Crippen LogP contribution in [0.3, 0.4) is 0 Å². The number of rotatable bonds is 2. The molecule has 0 bridgehead atoms. The molecule has 0 heterocycles. The molecule has 1 aromatic carbocycles. The molecule has 0 saturated heterocycles. The maximum atomic E-state index is 3.94. The summed E-state index contributed by atoms with van der Waals surface area (Å²) in [6.07, 6.45) is 0. The van der Waals surface area contributed by atoms with Crippen molar-refractivity contribution in [2.45, 2.75) is 33.2 Å². The van der Waals surface area contributed by atoms with E-state index in [0.29, 0.717) is 0 Å². The van der Waals surface area contributed by atoms with Crippen molar-refractivity contribution in [2.75, 3.05) is 5.32 Å².